The minimum Gasteiger partial charge on any atom is -0.497 e. The van der Waals surface area contributed by atoms with Crippen molar-refractivity contribution in [1.82, 2.24) is 15.0 Å². The van der Waals surface area contributed by atoms with Gasteiger partial charge in [-0.15, -0.1) is 0 Å². The third kappa shape index (κ3) is 4.14. The van der Waals surface area contributed by atoms with Crippen molar-refractivity contribution in [2.45, 2.75) is 18.9 Å². The minimum absolute atomic E-state index is 0.00535. The molecule has 2 aromatic carbocycles. The molecule has 1 saturated heterocycles. The quantitative estimate of drug-likeness (QED) is 0.645. The largest absolute Gasteiger partial charge is 0.497 e. The summed E-state index contributed by atoms with van der Waals surface area (Å²) in [7, 11) is 3.03. The Balaban J connectivity index is 1.55. The summed E-state index contributed by atoms with van der Waals surface area (Å²) in [5.74, 6) is -0.262. The van der Waals surface area contributed by atoms with Gasteiger partial charge in [-0.25, -0.2) is 13.6 Å². The van der Waals surface area contributed by atoms with Crippen LogP contribution in [0.2, 0.25) is 0 Å². The third-order valence-electron chi connectivity index (χ3n) is 5.06. The van der Waals surface area contributed by atoms with E-state index in [1.165, 1.54) is 20.3 Å². The average molecular weight is 430 g/mol. The standard InChI is InChI=1S/C21H20F2N4O4/c1-29-13-6-8-18(30-2)16(11-13)24-21(28)27-9-3-4-17(27)20-25-19(26-31-20)14-7-5-12(22)10-15(14)23/h5-8,10-11,17H,3-4,9H2,1-2H3,(H,24,28)/t17-/m0/s1. The smallest absolute Gasteiger partial charge is 0.322 e. The van der Waals surface area contributed by atoms with E-state index in [4.69, 9.17) is 14.0 Å². The van der Waals surface area contributed by atoms with Crippen LogP contribution in [-0.4, -0.2) is 41.8 Å². The Morgan fingerprint density at radius 3 is 2.77 bits per heavy atom. The van der Waals surface area contributed by atoms with Crippen molar-refractivity contribution in [2.75, 3.05) is 26.1 Å². The van der Waals surface area contributed by atoms with Crippen LogP contribution in [-0.2, 0) is 0 Å². The van der Waals surface area contributed by atoms with E-state index < -0.39 is 17.7 Å². The highest BCUT2D eigenvalue weighted by Crippen LogP contribution is 2.34. The van der Waals surface area contributed by atoms with Crippen LogP contribution in [0, 0.1) is 11.6 Å². The Labute approximate surface area is 176 Å². The molecule has 1 atom stereocenters. The lowest BCUT2D eigenvalue weighted by Gasteiger charge is -2.23. The number of urea groups is 1. The van der Waals surface area contributed by atoms with Crippen LogP contribution in [0.4, 0.5) is 19.3 Å². The lowest BCUT2D eigenvalue weighted by atomic mass is 10.2. The lowest BCUT2D eigenvalue weighted by molar-refractivity contribution is 0.193. The van der Waals surface area contributed by atoms with E-state index in [1.54, 1.807) is 23.1 Å². The maximum Gasteiger partial charge on any atom is 0.322 e. The van der Waals surface area contributed by atoms with Gasteiger partial charge in [0.2, 0.25) is 11.7 Å². The Morgan fingerprint density at radius 2 is 2.03 bits per heavy atom. The fraction of sp³-hybridized carbons (Fsp3) is 0.286. The summed E-state index contributed by atoms with van der Waals surface area (Å²) in [6.07, 6.45) is 1.34. The molecule has 1 fully saturated rings. The molecule has 1 aromatic heterocycles. The molecule has 0 radical (unpaired) electrons. The predicted molar refractivity (Wildman–Crippen MR) is 107 cm³/mol. The van der Waals surface area contributed by atoms with Crippen molar-refractivity contribution in [2.24, 2.45) is 0 Å². The summed E-state index contributed by atoms with van der Waals surface area (Å²) >= 11 is 0. The summed E-state index contributed by atoms with van der Waals surface area (Å²) in [5.41, 5.74) is 0.476. The maximum atomic E-state index is 14.0. The number of halogens is 2. The van der Waals surface area contributed by atoms with Crippen molar-refractivity contribution < 1.29 is 27.6 Å². The maximum absolute atomic E-state index is 14.0. The number of amides is 2. The summed E-state index contributed by atoms with van der Waals surface area (Å²) in [5, 5.41) is 6.63. The zero-order valence-corrected chi connectivity index (χ0v) is 16.9. The van der Waals surface area contributed by atoms with Crippen LogP contribution in [0.25, 0.3) is 11.4 Å². The van der Waals surface area contributed by atoms with Gasteiger partial charge >= 0.3 is 6.03 Å². The van der Waals surface area contributed by atoms with Gasteiger partial charge in [0.1, 0.15) is 29.2 Å². The van der Waals surface area contributed by atoms with Crippen molar-refractivity contribution in [3.8, 4) is 22.9 Å². The number of anilines is 1. The highest BCUT2D eigenvalue weighted by Gasteiger charge is 2.34. The SMILES string of the molecule is COc1ccc(OC)c(NC(=O)N2CCC[C@H]2c2nc(-c3ccc(F)cc3F)no2)c1. The fourth-order valence-corrected chi connectivity index (χ4v) is 3.52. The normalized spacial score (nSPS) is 15.7. The molecule has 0 aliphatic carbocycles. The van der Waals surface area contributed by atoms with Crippen molar-refractivity contribution in [1.29, 1.82) is 0 Å². The number of aromatic nitrogens is 2. The number of benzene rings is 2. The summed E-state index contributed by atoms with van der Waals surface area (Å²) in [4.78, 5) is 18.8. The number of hydrogen-bond acceptors (Lipinski definition) is 6. The molecule has 0 unspecified atom stereocenters. The number of rotatable bonds is 5. The molecule has 2 amide bonds. The Morgan fingerprint density at radius 1 is 1.19 bits per heavy atom. The molecule has 31 heavy (non-hydrogen) atoms. The van der Waals surface area contributed by atoms with Gasteiger partial charge in [-0.05, 0) is 37.1 Å². The number of likely N-dealkylation sites (tertiary alicyclic amines) is 1. The third-order valence-corrected chi connectivity index (χ3v) is 5.06. The molecular formula is C21H20F2N4O4. The van der Waals surface area contributed by atoms with Crippen LogP contribution in [0.5, 0.6) is 11.5 Å². The van der Waals surface area contributed by atoms with E-state index in [2.05, 4.69) is 15.5 Å². The lowest BCUT2D eigenvalue weighted by Crippen LogP contribution is -2.34. The monoisotopic (exact) mass is 430 g/mol. The highest BCUT2D eigenvalue weighted by molar-refractivity contribution is 5.91. The van der Waals surface area contributed by atoms with E-state index in [0.717, 1.165) is 18.6 Å². The second-order valence-corrected chi connectivity index (χ2v) is 6.93. The number of carbonyl (C=O) groups excluding carboxylic acids is 1. The molecular weight excluding hydrogens is 410 g/mol. The van der Waals surface area contributed by atoms with Gasteiger partial charge in [-0.2, -0.15) is 4.98 Å². The molecule has 2 heterocycles. The number of ether oxygens (including phenoxy) is 2. The van der Waals surface area contributed by atoms with Crippen LogP contribution < -0.4 is 14.8 Å². The molecule has 8 nitrogen and oxygen atoms in total. The summed E-state index contributed by atoms with van der Waals surface area (Å²) in [6.45, 7) is 0.478. The number of carbonyl (C=O) groups is 1. The first-order valence-corrected chi connectivity index (χ1v) is 9.59. The average Bonchev–Trinajstić information content (AvgIpc) is 3.43. The van der Waals surface area contributed by atoms with Gasteiger partial charge < -0.3 is 24.2 Å². The topological polar surface area (TPSA) is 89.7 Å². The summed E-state index contributed by atoms with van der Waals surface area (Å²) in [6, 6.07) is 7.34. The van der Waals surface area contributed by atoms with E-state index in [-0.39, 0.29) is 23.3 Å². The molecule has 0 spiro atoms. The van der Waals surface area contributed by atoms with Crippen molar-refractivity contribution in [3.05, 3.63) is 53.9 Å². The molecule has 4 rings (SSSR count). The molecule has 3 aromatic rings. The van der Waals surface area contributed by atoms with Gasteiger partial charge in [-0.1, -0.05) is 5.16 Å². The Kier molecular flexibility index (Phi) is 5.70. The van der Waals surface area contributed by atoms with Gasteiger partial charge in [0.05, 0.1) is 25.5 Å². The minimum atomic E-state index is -0.793. The predicted octanol–water partition coefficient (Wildman–Crippen LogP) is 4.40. The van der Waals surface area contributed by atoms with Crippen molar-refractivity contribution in [3.63, 3.8) is 0 Å². The Bertz CT molecular complexity index is 1100. The first-order chi connectivity index (χ1) is 15.0. The van der Waals surface area contributed by atoms with Gasteiger partial charge in [-0.3, -0.25) is 0 Å². The number of nitrogens with one attached hydrogen (secondary N) is 1. The van der Waals surface area contributed by atoms with Gasteiger partial charge in [0, 0.05) is 18.7 Å². The van der Waals surface area contributed by atoms with E-state index >= 15 is 0 Å². The van der Waals surface area contributed by atoms with Crippen LogP contribution in [0.1, 0.15) is 24.8 Å². The first-order valence-electron chi connectivity index (χ1n) is 9.59. The van der Waals surface area contributed by atoms with Gasteiger partial charge in [0.25, 0.3) is 0 Å². The first kappa shape index (κ1) is 20.6. The molecule has 1 N–H and O–H groups in total. The number of hydrogen-bond donors (Lipinski definition) is 1. The van der Waals surface area contributed by atoms with Crippen LogP contribution in [0.3, 0.4) is 0 Å². The molecule has 0 saturated carbocycles. The summed E-state index contributed by atoms with van der Waals surface area (Å²) < 4.78 is 43.0. The van der Waals surface area contributed by atoms with Gasteiger partial charge in [0.15, 0.2) is 0 Å². The van der Waals surface area contributed by atoms with Crippen molar-refractivity contribution >= 4 is 11.7 Å². The zero-order valence-electron chi connectivity index (χ0n) is 16.9. The Hall–Kier alpha value is -3.69. The molecule has 0 bridgehead atoms. The number of methoxy groups -OCH3 is 2. The second-order valence-electron chi connectivity index (χ2n) is 6.93. The van der Waals surface area contributed by atoms with E-state index in [1.807, 2.05) is 0 Å². The molecule has 1 aliphatic rings. The zero-order chi connectivity index (χ0) is 22.0. The van der Waals surface area contributed by atoms with E-state index in [9.17, 15) is 13.6 Å². The van der Waals surface area contributed by atoms with Crippen LogP contribution >= 0.6 is 0 Å². The number of nitrogens with zero attached hydrogens (tertiary/aromatic N) is 3. The molecule has 162 valence electrons. The van der Waals surface area contributed by atoms with Crippen LogP contribution in [0.15, 0.2) is 40.9 Å². The fourth-order valence-electron chi connectivity index (χ4n) is 3.52. The molecule has 10 heteroatoms. The highest BCUT2D eigenvalue weighted by atomic mass is 19.1. The second kappa shape index (κ2) is 8.58. The van der Waals surface area contributed by atoms with E-state index in [0.29, 0.717) is 30.2 Å². The molecule has 1 aliphatic heterocycles.